The standard InChI is InChI=1S/C31H41N3O4.C26H39N3O3/c1-22(2)34(26-13-9-6-10-14-26)28(35)24-15-16-25-20-31(3,4)29(36)33(27(25)19-24)18-17-32-30(37)38-21-23-11-7-5-8-12-23;1-6-23(30)27-14-15-28-22-16-19(12-13-20(22)17-26(4,5)25(28)32)24(31)29(18(2)3)21-10-8-7-9-11-21/h5,7-8,11-12,15-16,19,22,26H,6,9-10,13-14,17-18,20-21H2,1-4H3,(H,32,37);12-13,16,18,21H,6-11,14-15,17H2,1-5H3,(H,27,30). The lowest BCUT2D eigenvalue weighted by atomic mass is 9.79. The van der Waals surface area contributed by atoms with Crippen molar-refractivity contribution in [2.75, 3.05) is 36.0 Å². The zero-order valence-electron chi connectivity index (χ0n) is 43.5. The van der Waals surface area contributed by atoms with E-state index in [2.05, 4.69) is 38.3 Å². The summed E-state index contributed by atoms with van der Waals surface area (Å²) in [4.78, 5) is 85.5. The van der Waals surface area contributed by atoms with Crippen molar-refractivity contribution in [1.82, 2.24) is 20.4 Å². The molecule has 3 aromatic rings. The summed E-state index contributed by atoms with van der Waals surface area (Å²) in [5.41, 5.74) is 4.73. The molecule has 2 aliphatic heterocycles. The molecule has 0 atom stereocenters. The molecule has 13 nitrogen and oxygen atoms in total. The van der Waals surface area contributed by atoms with E-state index in [9.17, 15) is 28.8 Å². The number of alkyl carbamates (subject to hydrolysis) is 1. The summed E-state index contributed by atoms with van der Waals surface area (Å²) >= 11 is 0. The van der Waals surface area contributed by atoms with Crippen LogP contribution >= 0.6 is 0 Å². The van der Waals surface area contributed by atoms with E-state index in [1.165, 1.54) is 25.7 Å². The fourth-order valence-electron chi connectivity index (χ4n) is 10.8. The molecule has 2 saturated carbocycles. The monoisotopic (exact) mass is 961 g/mol. The smallest absolute Gasteiger partial charge is 0.407 e. The third-order valence-corrected chi connectivity index (χ3v) is 14.5. The second-order valence-electron chi connectivity index (χ2n) is 21.6. The van der Waals surface area contributed by atoms with E-state index in [0.29, 0.717) is 50.0 Å². The number of amides is 6. The Balaban J connectivity index is 0.000000233. The molecule has 380 valence electrons. The SMILES string of the molecule is CC(C)N(C(=O)c1ccc2c(c1)N(CCNC(=O)OCc1ccccc1)C(=O)C(C)(C)C2)C1CCCCC1.CCC(=O)NCCN1C(=O)C(C)(C)Cc2ccc(C(=O)N(C(C)C)C3CCCCC3)cc21. The molecule has 0 radical (unpaired) electrons. The minimum absolute atomic E-state index is 0.0120. The molecule has 0 spiro atoms. The number of nitrogens with zero attached hydrogens (tertiary/aromatic N) is 4. The first-order valence-electron chi connectivity index (χ1n) is 26.1. The van der Waals surface area contributed by atoms with Gasteiger partial charge >= 0.3 is 6.09 Å². The molecule has 70 heavy (non-hydrogen) atoms. The molecule has 3 aromatic carbocycles. The third-order valence-electron chi connectivity index (χ3n) is 14.5. The van der Waals surface area contributed by atoms with Gasteiger partial charge < -0.3 is 35.0 Å². The lowest BCUT2D eigenvalue weighted by Crippen LogP contribution is -2.49. The zero-order chi connectivity index (χ0) is 50.8. The number of ether oxygens (including phenoxy) is 1. The first-order chi connectivity index (χ1) is 33.3. The number of nitrogens with one attached hydrogen (secondary N) is 2. The summed E-state index contributed by atoms with van der Waals surface area (Å²) in [7, 11) is 0. The number of benzene rings is 3. The maximum atomic E-state index is 13.7. The van der Waals surface area contributed by atoms with Gasteiger partial charge in [0.1, 0.15) is 6.61 Å². The first kappa shape index (κ1) is 53.6. The number of hydrogen-bond acceptors (Lipinski definition) is 7. The highest BCUT2D eigenvalue weighted by Crippen LogP contribution is 2.40. The average molecular weight is 961 g/mol. The molecule has 4 aliphatic rings. The predicted molar refractivity (Wildman–Crippen MR) is 277 cm³/mol. The maximum absolute atomic E-state index is 13.7. The molecular weight excluding hydrogens is 881 g/mol. The molecule has 2 fully saturated rings. The van der Waals surface area contributed by atoms with Gasteiger partial charge in [-0.15, -0.1) is 0 Å². The summed E-state index contributed by atoms with van der Waals surface area (Å²) in [5.74, 6) is 0.0640. The van der Waals surface area contributed by atoms with E-state index < -0.39 is 16.9 Å². The van der Waals surface area contributed by atoms with Crippen LogP contribution in [0.1, 0.15) is 170 Å². The molecule has 0 unspecified atom stereocenters. The number of carbonyl (C=O) groups is 6. The van der Waals surface area contributed by atoms with Crippen LogP contribution in [0.2, 0.25) is 0 Å². The van der Waals surface area contributed by atoms with Crippen LogP contribution < -0.4 is 20.4 Å². The van der Waals surface area contributed by atoms with Crippen molar-refractivity contribution in [3.8, 4) is 0 Å². The lowest BCUT2D eigenvalue weighted by molar-refractivity contribution is -0.127. The van der Waals surface area contributed by atoms with E-state index in [0.717, 1.165) is 66.6 Å². The van der Waals surface area contributed by atoms with Crippen LogP contribution in [-0.4, -0.2) is 95.8 Å². The minimum Gasteiger partial charge on any atom is -0.445 e. The Bertz CT molecular complexity index is 2310. The zero-order valence-corrected chi connectivity index (χ0v) is 43.5. The molecule has 13 heteroatoms. The van der Waals surface area contributed by atoms with Gasteiger partial charge in [-0.2, -0.15) is 0 Å². The Morgan fingerprint density at radius 2 is 1.06 bits per heavy atom. The second-order valence-corrected chi connectivity index (χ2v) is 21.6. The topological polar surface area (TPSA) is 149 Å². The van der Waals surface area contributed by atoms with Gasteiger partial charge in [-0.1, -0.05) is 116 Å². The molecule has 0 bridgehead atoms. The quantitative estimate of drug-likeness (QED) is 0.154. The van der Waals surface area contributed by atoms with Crippen molar-refractivity contribution in [2.45, 2.75) is 177 Å². The van der Waals surface area contributed by atoms with Gasteiger partial charge in [-0.3, -0.25) is 24.0 Å². The van der Waals surface area contributed by atoms with E-state index >= 15 is 0 Å². The summed E-state index contributed by atoms with van der Waals surface area (Å²) in [6, 6.07) is 21.9. The van der Waals surface area contributed by atoms with Crippen molar-refractivity contribution >= 4 is 47.0 Å². The summed E-state index contributed by atoms with van der Waals surface area (Å²) in [6.45, 7) is 19.4. The summed E-state index contributed by atoms with van der Waals surface area (Å²) in [6.07, 6.45) is 12.5. The largest absolute Gasteiger partial charge is 0.445 e. The molecule has 6 amide bonds. The van der Waals surface area contributed by atoms with Crippen molar-refractivity contribution < 1.29 is 33.5 Å². The highest BCUT2D eigenvalue weighted by Gasteiger charge is 2.41. The van der Waals surface area contributed by atoms with Gasteiger partial charge in [-0.25, -0.2) is 4.79 Å². The van der Waals surface area contributed by atoms with Crippen molar-refractivity contribution in [2.24, 2.45) is 10.8 Å². The molecule has 0 saturated heterocycles. The fourth-order valence-corrected chi connectivity index (χ4v) is 10.8. The Morgan fingerprint density at radius 3 is 1.47 bits per heavy atom. The average Bonchev–Trinajstić information content (AvgIpc) is 3.33. The van der Waals surface area contributed by atoms with Crippen LogP contribution in [0.25, 0.3) is 0 Å². The van der Waals surface area contributed by atoms with Gasteiger partial charge in [-0.05, 0) is 107 Å². The van der Waals surface area contributed by atoms with Gasteiger partial charge in [0.05, 0.1) is 0 Å². The van der Waals surface area contributed by atoms with E-state index in [-0.39, 0.29) is 66.9 Å². The Hall–Kier alpha value is -5.72. The number of rotatable bonds is 15. The second kappa shape index (κ2) is 23.9. The Morgan fingerprint density at radius 1 is 0.629 bits per heavy atom. The van der Waals surface area contributed by atoms with Crippen molar-refractivity contribution in [1.29, 1.82) is 0 Å². The predicted octanol–water partition coefficient (Wildman–Crippen LogP) is 10.0. The Labute approximate surface area is 417 Å². The van der Waals surface area contributed by atoms with Crippen LogP contribution in [0.15, 0.2) is 66.7 Å². The number of carbonyl (C=O) groups excluding carboxylic acids is 6. The third kappa shape index (κ3) is 13.2. The molecule has 2 aliphatic carbocycles. The fraction of sp³-hybridized carbons (Fsp3) is 0.579. The number of hydrogen-bond donors (Lipinski definition) is 2. The van der Waals surface area contributed by atoms with Crippen molar-refractivity contribution in [3.63, 3.8) is 0 Å². The van der Waals surface area contributed by atoms with E-state index in [4.69, 9.17) is 4.74 Å². The van der Waals surface area contributed by atoms with Crippen LogP contribution in [0.4, 0.5) is 16.2 Å². The van der Waals surface area contributed by atoms with Crippen LogP contribution in [0.5, 0.6) is 0 Å². The maximum Gasteiger partial charge on any atom is 0.407 e. The lowest BCUT2D eigenvalue weighted by Gasteiger charge is -2.40. The summed E-state index contributed by atoms with van der Waals surface area (Å²) in [5, 5.41) is 5.63. The van der Waals surface area contributed by atoms with Gasteiger partial charge in [0, 0.05) is 90.1 Å². The van der Waals surface area contributed by atoms with Gasteiger partial charge in [0.15, 0.2) is 0 Å². The number of anilines is 2. The van der Waals surface area contributed by atoms with Crippen LogP contribution in [-0.2, 0) is 38.6 Å². The molecule has 2 heterocycles. The van der Waals surface area contributed by atoms with Crippen molar-refractivity contribution in [3.05, 3.63) is 94.5 Å². The normalized spacial score (nSPS) is 17.8. The molecule has 2 N–H and O–H groups in total. The highest BCUT2D eigenvalue weighted by atomic mass is 16.5. The van der Waals surface area contributed by atoms with Gasteiger partial charge in [0.25, 0.3) is 11.8 Å². The summed E-state index contributed by atoms with van der Waals surface area (Å²) < 4.78 is 5.31. The van der Waals surface area contributed by atoms with Crippen LogP contribution in [0.3, 0.4) is 0 Å². The van der Waals surface area contributed by atoms with Crippen LogP contribution in [0, 0.1) is 10.8 Å². The number of fused-ring (bicyclic) bond motifs is 2. The van der Waals surface area contributed by atoms with Gasteiger partial charge in [0.2, 0.25) is 17.7 Å². The molecule has 0 aromatic heterocycles. The first-order valence-corrected chi connectivity index (χ1v) is 26.1. The van der Waals surface area contributed by atoms with E-state index in [1.54, 1.807) is 9.80 Å². The minimum atomic E-state index is -0.571. The Kier molecular flexibility index (Phi) is 18.3. The van der Waals surface area contributed by atoms with E-state index in [1.807, 2.05) is 111 Å². The molecular formula is C57H80N6O7. The molecule has 7 rings (SSSR count). The highest BCUT2D eigenvalue weighted by molar-refractivity contribution is 6.04.